The number of hydroxylamine groups is 1. The van der Waals surface area contributed by atoms with E-state index in [1.807, 2.05) is 20.1 Å². The molecule has 2 atom stereocenters. The van der Waals surface area contributed by atoms with E-state index in [2.05, 4.69) is 17.8 Å². The first-order valence-corrected chi connectivity index (χ1v) is 12.1. The molecular formula is C21H41N3O5S. The fraction of sp³-hybridized carbons (Fsp3) is 0.857. The minimum atomic E-state index is -0.584. The van der Waals surface area contributed by atoms with Crippen LogP contribution < -0.4 is 16.3 Å². The lowest BCUT2D eigenvalue weighted by atomic mass is 9.96. The van der Waals surface area contributed by atoms with E-state index in [1.54, 1.807) is 17.2 Å². The number of thioether (sulfide) groups is 1. The summed E-state index contributed by atoms with van der Waals surface area (Å²) in [5, 5.41) is 8.84. The molecule has 8 nitrogen and oxygen atoms in total. The van der Waals surface area contributed by atoms with Gasteiger partial charge in [-0.3, -0.25) is 25.0 Å². The monoisotopic (exact) mass is 447 g/mol. The fourth-order valence-corrected chi connectivity index (χ4v) is 3.37. The van der Waals surface area contributed by atoms with E-state index in [0.29, 0.717) is 6.42 Å². The lowest BCUT2D eigenvalue weighted by molar-refractivity contribution is -0.142. The Labute approximate surface area is 185 Å². The SMILES string of the molecule is CCCCCCCCCC(CC(=O)NO)C(=O)NNC(COC(C)=O)C(C)(C)SC. The Morgan fingerprint density at radius 2 is 1.67 bits per heavy atom. The standard InChI is InChI=1S/C21H41N3O5S/c1-6-7-8-9-10-11-12-13-17(14-19(26)24-28)20(27)23-22-18(15-29-16(2)25)21(3,4)30-5/h17-18,22,28H,6-15H2,1-5H3,(H,23,27)(H,24,26). The maximum atomic E-state index is 12.7. The van der Waals surface area contributed by atoms with E-state index in [9.17, 15) is 14.4 Å². The number of nitrogens with one attached hydrogen (secondary N) is 3. The summed E-state index contributed by atoms with van der Waals surface area (Å²) in [7, 11) is 0. The van der Waals surface area contributed by atoms with E-state index < -0.39 is 11.8 Å². The Morgan fingerprint density at radius 3 is 2.20 bits per heavy atom. The molecule has 0 aromatic heterocycles. The molecule has 0 aliphatic carbocycles. The summed E-state index contributed by atoms with van der Waals surface area (Å²) in [6, 6.07) is -0.314. The van der Waals surface area contributed by atoms with Gasteiger partial charge in [-0.15, -0.1) is 0 Å². The molecule has 0 aliphatic heterocycles. The van der Waals surface area contributed by atoms with Crippen molar-refractivity contribution in [3.05, 3.63) is 0 Å². The number of carbonyl (C=O) groups excluding carboxylic acids is 3. The number of carbonyl (C=O) groups is 3. The van der Waals surface area contributed by atoms with E-state index in [0.717, 1.165) is 19.3 Å². The molecule has 0 aromatic carbocycles. The van der Waals surface area contributed by atoms with Crippen molar-refractivity contribution in [3.63, 3.8) is 0 Å². The highest BCUT2D eigenvalue weighted by molar-refractivity contribution is 8.00. The second-order valence-electron chi connectivity index (χ2n) is 8.14. The molecule has 4 N–H and O–H groups in total. The molecule has 176 valence electrons. The van der Waals surface area contributed by atoms with E-state index in [-0.39, 0.29) is 35.7 Å². The molecule has 0 fully saturated rings. The van der Waals surface area contributed by atoms with Gasteiger partial charge in [0.15, 0.2) is 0 Å². The van der Waals surface area contributed by atoms with Crippen LogP contribution in [0.15, 0.2) is 0 Å². The van der Waals surface area contributed by atoms with Gasteiger partial charge in [-0.25, -0.2) is 10.9 Å². The Kier molecular flexibility index (Phi) is 15.7. The third kappa shape index (κ3) is 13.1. The summed E-state index contributed by atoms with van der Waals surface area (Å²) in [6.45, 7) is 7.61. The molecule has 9 heteroatoms. The van der Waals surface area contributed by atoms with Gasteiger partial charge in [-0.2, -0.15) is 11.8 Å². The summed E-state index contributed by atoms with van der Waals surface area (Å²) >= 11 is 1.58. The first-order valence-electron chi connectivity index (χ1n) is 10.8. The first kappa shape index (κ1) is 28.7. The van der Waals surface area contributed by atoms with Gasteiger partial charge in [0.2, 0.25) is 11.8 Å². The third-order valence-electron chi connectivity index (χ3n) is 5.27. The van der Waals surface area contributed by atoms with Gasteiger partial charge >= 0.3 is 5.97 Å². The van der Waals surface area contributed by atoms with Crippen LogP contribution in [0.2, 0.25) is 0 Å². The van der Waals surface area contributed by atoms with Crippen molar-refractivity contribution >= 4 is 29.5 Å². The summed E-state index contributed by atoms with van der Waals surface area (Å²) in [6.07, 6.45) is 10.3. The lowest BCUT2D eigenvalue weighted by Gasteiger charge is -2.33. The van der Waals surface area contributed by atoms with Crippen molar-refractivity contribution in [2.75, 3.05) is 12.9 Å². The predicted molar refractivity (Wildman–Crippen MR) is 120 cm³/mol. The number of unbranched alkanes of at least 4 members (excludes halogenated alkanes) is 6. The maximum Gasteiger partial charge on any atom is 0.302 e. The molecule has 0 rings (SSSR count). The average molecular weight is 448 g/mol. The highest BCUT2D eigenvalue weighted by Gasteiger charge is 2.31. The number of esters is 1. The van der Waals surface area contributed by atoms with Crippen LogP contribution >= 0.6 is 11.8 Å². The van der Waals surface area contributed by atoms with Crippen molar-refractivity contribution in [1.29, 1.82) is 0 Å². The van der Waals surface area contributed by atoms with Gasteiger partial charge < -0.3 is 4.74 Å². The average Bonchev–Trinajstić information content (AvgIpc) is 2.71. The molecule has 0 saturated carbocycles. The Bertz CT molecular complexity index is 517. The van der Waals surface area contributed by atoms with Crippen LogP contribution in [0.4, 0.5) is 0 Å². The topological polar surface area (TPSA) is 117 Å². The summed E-state index contributed by atoms with van der Waals surface area (Å²) in [5.41, 5.74) is 7.27. The number of hydrogen-bond acceptors (Lipinski definition) is 7. The molecule has 2 amide bonds. The molecular weight excluding hydrogens is 406 g/mol. The Balaban J connectivity index is 4.74. The van der Waals surface area contributed by atoms with Crippen LogP contribution in [0.3, 0.4) is 0 Å². The van der Waals surface area contributed by atoms with Gasteiger partial charge in [0.25, 0.3) is 0 Å². The lowest BCUT2D eigenvalue weighted by Crippen LogP contribution is -2.56. The van der Waals surface area contributed by atoms with Crippen LogP contribution in [-0.4, -0.2) is 46.6 Å². The zero-order valence-corrected chi connectivity index (χ0v) is 20.0. The minimum Gasteiger partial charge on any atom is -0.464 e. The molecule has 0 aliphatic rings. The fourth-order valence-electron chi connectivity index (χ4n) is 2.96. The number of amides is 2. The van der Waals surface area contributed by atoms with Gasteiger partial charge in [0.05, 0.1) is 6.04 Å². The van der Waals surface area contributed by atoms with Gasteiger partial charge in [-0.05, 0) is 26.5 Å². The van der Waals surface area contributed by atoms with E-state index in [4.69, 9.17) is 9.94 Å². The van der Waals surface area contributed by atoms with Crippen molar-refractivity contribution in [3.8, 4) is 0 Å². The zero-order valence-electron chi connectivity index (χ0n) is 19.2. The van der Waals surface area contributed by atoms with Gasteiger partial charge in [0.1, 0.15) is 6.61 Å². The normalized spacial score (nSPS) is 13.4. The number of ether oxygens (including phenoxy) is 1. The van der Waals surface area contributed by atoms with Crippen LogP contribution in [0.1, 0.15) is 85.5 Å². The smallest absolute Gasteiger partial charge is 0.302 e. The number of hydrazine groups is 1. The van der Waals surface area contributed by atoms with Gasteiger partial charge in [0, 0.05) is 24.0 Å². The van der Waals surface area contributed by atoms with Crippen LogP contribution in [0.5, 0.6) is 0 Å². The number of hydrogen-bond donors (Lipinski definition) is 4. The van der Waals surface area contributed by atoms with Gasteiger partial charge in [-0.1, -0.05) is 51.9 Å². The summed E-state index contributed by atoms with van der Waals surface area (Å²) in [5.74, 6) is -1.83. The third-order valence-corrected chi connectivity index (χ3v) is 6.61. The summed E-state index contributed by atoms with van der Waals surface area (Å²) in [4.78, 5) is 35.5. The molecule has 2 unspecified atom stereocenters. The van der Waals surface area contributed by atoms with Crippen LogP contribution in [-0.2, 0) is 19.1 Å². The Hall–Kier alpha value is -1.32. The number of rotatable bonds is 17. The minimum absolute atomic E-state index is 0.0830. The van der Waals surface area contributed by atoms with E-state index >= 15 is 0 Å². The molecule has 0 saturated heterocycles. The van der Waals surface area contributed by atoms with Crippen molar-refractivity contribution < 1.29 is 24.3 Å². The van der Waals surface area contributed by atoms with Crippen molar-refractivity contribution in [2.24, 2.45) is 5.92 Å². The quantitative estimate of drug-likeness (QED) is 0.117. The second kappa shape index (κ2) is 16.4. The largest absolute Gasteiger partial charge is 0.464 e. The predicted octanol–water partition coefficient (Wildman–Crippen LogP) is 3.33. The molecule has 0 bridgehead atoms. The highest BCUT2D eigenvalue weighted by Crippen LogP contribution is 2.25. The Morgan fingerprint density at radius 1 is 1.07 bits per heavy atom. The molecule has 0 radical (unpaired) electrons. The van der Waals surface area contributed by atoms with Crippen LogP contribution in [0, 0.1) is 5.92 Å². The molecule has 30 heavy (non-hydrogen) atoms. The van der Waals surface area contributed by atoms with E-state index in [1.165, 1.54) is 32.6 Å². The second-order valence-corrected chi connectivity index (χ2v) is 9.60. The zero-order chi connectivity index (χ0) is 23.0. The first-order chi connectivity index (χ1) is 14.2. The maximum absolute atomic E-state index is 12.7. The summed E-state index contributed by atoms with van der Waals surface area (Å²) < 4.78 is 4.82. The van der Waals surface area contributed by atoms with Crippen molar-refractivity contribution in [1.82, 2.24) is 16.3 Å². The molecule has 0 spiro atoms. The van der Waals surface area contributed by atoms with Crippen LogP contribution in [0.25, 0.3) is 0 Å². The molecule has 0 heterocycles. The molecule has 0 aromatic rings. The van der Waals surface area contributed by atoms with Crippen molar-refractivity contribution in [2.45, 2.75) is 96.3 Å². The highest BCUT2D eigenvalue weighted by atomic mass is 32.2.